The molecule has 16 heavy (non-hydrogen) atoms. The Morgan fingerprint density at radius 2 is 2.31 bits per heavy atom. The molecular formula is C11H13N3OS. The third-order valence-electron chi connectivity index (χ3n) is 2.01. The largest absolute Gasteiger partial charge is 0.359 e. The van der Waals surface area contributed by atoms with Crippen molar-refractivity contribution in [2.75, 3.05) is 5.32 Å². The summed E-state index contributed by atoms with van der Waals surface area (Å²) in [4.78, 5) is 18.5. The van der Waals surface area contributed by atoms with Crippen LogP contribution < -0.4 is 10.9 Å². The normalized spacial score (nSPS) is 10.7. The van der Waals surface area contributed by atoms with E-state index in [-0.39, 0.29) is 5.56 Å². The minimum Gasteiger partial charge on any atom is -0.359 e. The lowest BCUT2D eigenvalue weighted by Gasteiger charge is -2.04. The third kappa shape index (κ3) is 2.30. The van der Waals surface area contributed by atoms with Crippen LogP contribution in [0.1, 0.15) is 13.8 Å². The number of aromatic amines is 1. The standard InChI is InChI=1S/C11H13N3OS/c1-7(2)13-11-14-9(6-16-11)8-4-3-5-12-10(8)15/h3-7H,1-2H3,(H,12,15)(H,13,14). The van der Waals surface area contributed by atoms with E-state index in [1.54, 1.807) is 18.3 Å². The molecule has 0 saturated carbocycles. The van der Waals surface area contributed by atoms with Gasteiger partial charge in [0, 0.05) is 17.6 Å². The minimum absolute atomic E-state index is 0.108. The first-order valence-electron chi connectivity index (χ1n) is 5.07. The predicted octanol–water partition coefficient (Wildman–Crippen LogP) is 2.32. The molecule has 0 atom stereocenters. The van der Waals surface area contributed by atoms with Crippen molar-refractivity contribution < 1.29 is 0 Å². The first-order valence-corrected chi connectivity index (χ1v) is 5.95. The summed E-state index contributed by atoms with van der Waals surface area (Å²) in [5.41, 5.74) is 1.22. The maximum absolute atomic E-state index is 11.5. The maximum Gasteiger partial charge on any atom is 0.257 e. The van der Waals surface area contributed by atoms with Gasteiger partial charge in [-0.15, -0.1) is 11.3 Å². The second-order valence-corrected chi connectivity index (χ2v) is 4.61. The highest BCUT2D eigenvalue weighted by Gasteiger charge is 2.07. The van der Waals surface area contributed by atoms with E-state index in [9.17, 15) is 4.79 Å². The van der Waals surface area contributed by atoms with Crippen molar-refractivity contribution in [3.05, 3.63) is 34.1 Å². The SMILES string of the molecule is CC(C)Nc1nc(-c2ccc[nH]c2=O)cs1. The van der Waals surface area contributed by atoms with Crippen LogP contribution in [0.25, 0.3) is 11.3 Å². The van der Waals surface area contributed by atoms with E-state index in [2.05, 4.69) is 29.1 Å². The van der Waals surface area contributed by atoms with Gasteiger partial charge in [0.25, 0.3) is 5.56 Å². The van der Waals surface area contributed by atoms with Crippen molar-refractivity contribution in [1.82, 2.24) is 9.97 Å². The molecule has 0 saturated heterocycles. The number of H-pyrrole nitrogens is 1. The molecule has 4 nitrogen and oxygen atoms in total. The van der Waals surface area contributed by atoms with Crippen molar-refractivity contribution in [2.45, 2.75) is 19.9 Å². The molecule has 2 heterocycles. The Hall–Kier alpha value is -1.62. The second-order valence-electron chi connectivity index (χ2n) is 3.75. The Bertz CT molecular complexity index is 530. The summed E-state index contributed by atoms with van der Waals surface area (Å²) in [5, 5.41) is 5.93. The van der Waals surface area contributed by atoms with E-state index in [4.69, 9.17) is 0 Å². The van der Waals surface area contributed by atoms with Gasteiger partial charge in [0.05, 0.1) is 11.3 Å². The number of nitrogens with one attached hydrogen (secondary N) is 2. The summed E-state index contributed by atoms with van der Waals surface area (Å²) in [6.07, 6.45) is 1.62. The highest BCUT2D eigenvalue weighted by Crippen LogP contribution is 2.22. The molecular weight excluding hydrogens is 222 g/mol. The lowest BCUT2D eigenvalue weighted by molar-refractivity contribution is 0.896. The zero-order valence-corrected chi connectivity index (χ0v) is 9.97. The molecule has 5 heteroatoms. The molecule has 0 unspecified atom stereocenters. The molecule has 2 aromatic heterocycles. The summed E-state index contributed by atoms with van der Waals surface area (Å²) < 4.78 is 0. The first-order chi connectivity index (χ1) is 7.66. The van der Waals surface area contributed by atoms with E-state index in [0.29, 0.717) is 11.6 Å². The molecule has 0 radical (unpaired) electrons. The molecule has 0 aliphatic rings. The van der Waals surface area contributed by atoms with Gasteiger partial charge in [-0.1, -0.05) is 0 Å². The molecule has 0 amide bonds. The smallest absolute Gasteiger partial charge is 0.257 e. The predicted molar refractivity (Wildman–Crippen MR) is 66.9 cm³/mol. The van der Waals surface area contributed by atoms with Gasteiger partial charge < -0.3 is 10.3 Å². The van der Waals surface area contributed by atoms with Gasteiger partial charge >= 0.3 is 0 Å². The van der Waals surface area contributed by atoms with Crippen LogP contribution in [0.15, 0.2) is 28.5 Å². The van der Waals surface area contributed by atoms with Gasteiger partial charge in [-0.25, -0.2) is 4.98 Å². The molecule has 2 rings (SSSR count). The van der Waals surface area contributed by atoms with Crippen molar-refractivity contribution in [3.63, 3.8) is 0 Å². The summed E-state index contributed by atoms with van der Waals surface area (Å²) in [6.45, 7) is 4.10. The van der Waals surface area contributed by atoms with Crippen LogP contribution in [0.5, 0.6) is 0 Å². The average Bonchev–Trinajstić information content (AvgIpc) is 2.66. The van der Waals surface area contributed by atoms with Gasteiger partial charge in [-0.3, -0.25) is 4.79 Å². The highest BCUT2D eigenvalue weighted by atomic mass is 32.1. The topological polar surface area (TPSA) is 57.8 Å². The average molecular weight is 235 g/mol. The molecule has 0 bridgehead atoms. The Morgan fingerprint density at radius 1 is 1.50 bits per heavy atom. The molecule has 0 aliphatic heterocycles. The van der Waals surface area contributed by atoms with E-state index >= 15 is 0 Å². The Morgan fingerprint density at radius 3 is 3.00 bits per heavy atom. The van der Waals surface area contributed by atoms with E-state index < -0.39 is 0 Å². The number of hydrogen-bond donors (Lipinski definition) is 2. The molecule has 0 fully saturated rings. The van der Waals surface area contributed by atoms with E-state index in [1.165, 1.54) is 11.3 Å². The van der Waals surface area contributed by atoms with Crippen LogP contribution in [0.2, 0.25) is 0 Å². The fourth-order valence-electron chi connectivity index (χ4n) is 1.33. The number of aromatic nitrogens is 2. The van der Waals surface area contributed by atoms with Crippen molar-refractivity contribution in [3.8, 4) is 11.3 Å². The summed E-state index contributed by atoms with van der Waals surface area (Å²) in [7, 11) is 0. The van der Waals surface area contributed by atoms with Crippen molar-refractivity contribution in [1.29, 1.82) is 0 Å². The van der Waals surface area contributed by atoms with Crippen molar-refractivity contribution >= 4 is 16.5 Å². The number of pyridine rings is 1. The minimum atomic E-state index is -0.108. The molecule has 2 aromatic rings. The number of anilines is 1. The van der Waals surface area contributed by atoms with Gasteiger partial charge in [-0.05, 0) is 26.0 Å². The zero-order chi connectivity index (χ0) is 11.5. The first kappa shape index (κ1) is 10.9. The zero-order valence-electron chi connectivity index (χ0n) is 9.15. The summed E-state index contributed by atoms with van der Waals surface area (Å²) in [5.74, 6) is 0. The van der Waals surface area contributed by atoms with Gasteiger partial charge in [-0.2, -0.15) is 0 Å². The molecule has 0 spiro atoms. The highest BCUT2D eigenvalue weighted by molar-refractivity contribution is 7.14. The Labute approximate surface area is 97.4 Å². The second kappa shape index (κ2) is 4.49. The van der Waals surface area contributed by atoms with Crippen molar-refractivity contribution in [2.24, 2.45) is 0 Å². The Kier molecular flexibility index (Phi) is 3.05. The number of nitrogens with zero attached hydrogens (tertiary/aromatic N) is 1. The van der Waals surface area contributed by atoms with Gasteiger partial charge in [0.15, 0.2) is 5.13 Å². The quantitative estimate of drug-likeness (QED) is 0.858. The fourth-order valence-corrected chi connectivity index (χ4v) is 2.19. The fraction of sp³-hybridized carbons (Fsp3) is 0.273. The van der Waals surface area contributed by atoms with Crippen LogP contribution in [0.4, 0.5) is 5.13 Å². The maximum atomic E-state index is 11.5. The molecule has 0 aliphatic carbocycles. The Balaban J connectivity index is 2.32. The van der Waals surface area contributed by atoms with Crippen LogP contribution in [0.3, 0.4) is 0 Å². The monoisotopic (exact) mass is 235 g/mol. The van der Waals surface area contributed by atoms with Crippen LogP contribution in [0, 0.1) is 0 Å². The summed E-state index contributed by atoms with van der Waals surface area (Å²) >= 11 is 1.51. The lowest BCUT2D eigenvalue weighted by Crippen LogP contribution is -2.10. The lowest BCUT2D eigenvalue weighted by atomic mass is 10.2. The van der Waals surface area contributed by atoms with E-state index in [0.717, 1.165) is 10.8 Å². The number of rotatable bonds is 3. The van der Waals surface area contributed by atoms with Crippen LogP contribution >= 0.6 is 11.3 Å². The van der Waals surface area contributed by atoms with E-state index in [1.807, 2.05) is 5.38 Å². The molecule has 0 aromatic carbocycles. The molecule has 2 N–H and O–H groups in total. The van der Waals surface area contributed by atoms with Crippen LogP contribution in [-0.4, -0.2) is 16.0 Å². The van der Waals surface area contributed by atoms with Gasteiger partial charge in [0.1, 0.15) is 0 Å². The van der Waals surface area contributed by atoms with Crippen LogP contribution in [-0.2, 0) is 0 Å². The van der Waals surface area contributed by atoms with Gasteiger partial charge in [0.2, 0.25) is 0 Å². The third-order valence-corrected chi connectivity index (χ3v) is 2.78. The molecule has 84 valence electrons. The summed E-state index contributed by atoms with van der Waals surface area (Å²) in [6, 6.07) is 3.91. The number of thiazole rings is 1. The number of hydrogen-bond acceptors (Lipinski definition) is 4.